The number of rotatable bonds is 13. The molecule has 0 aliphatic heterocycles. The van der Waals surface area contributed by atoms with Crippen LogP contribution in [0.4, 0.5) is 0 Å². The van der Waals surface area contributed by atoms with Crippen molar-refractivity contribution in [2.45, 2.75) is 96.7 Å². The van der Waals surface area contributed by atoms with Gasteiger partial charge in [0.15, 0.2) is 0 Å². The van der Waals surface area contributed by atoms with Gasteiger partial charge in [0.2, 0.25) is 0 Å². The van der Waals surface area contributed by atoms with E-state index in [2.05, 4.69) is 6.92 Å². The van der Waals surface area contributed by atoms with Gasteiger partial charge in [-0.1, -0.05) is 85.0 Å². The van der Waals surface area contributed by atoms with E-state index < -0.39 is 15.4 Å². The lowest BCUT2D eigenvalue weighted by atomic mass is 10.0. The van der Waals surface area contributed by atoms with E-state index in [1.54, 1.807) is 0 Å². The smallest absolute Gasteiger partial charge is 0.268 e. The molecule has 0 spiro atoms. The Morgan fingerprint density at radius 2 is 1.20 bits per heavy atom. The molecule has 0 fully saturated rings. The van der Waals surface area contributed by atoms with E-state index in [-0.39, 0.29) is 5.92 Å². The number of hydrogen-bond acceptors (Lipinski definition) is 2. The molecule has 0 saturated carbocycles. The number of unbranched alkanes of at least 4 members (excludes halogenated alkanes) is 9. The number of hydrogen-bond donors (Lipinski definition) is 1. The molecule has 0 aliphatic carbocycles. The molecule has 0 saturated heterocycles. The highest BCUT2D eigenvalue weighted by molar-refractivity contribution is 7.86. The standard InChI is InChI=1S/C16H34O3S/c1-4-5-6-7-8-9-10-11-12-13-14-16(15(2)3)20(17,18)19/h15-16H,4-14H2,1-3H3,(H,17,18,19). The molecule has 4 heteroatoms. The maximum absolute atomic E-state index is 11.2. The molecular weight excluding hydrogens is 272 g/mol. The van der Waals surface area contributed by atoms with Gasteiger partial charge < -0.3 is 0 Å². The quantitative estimate of drug-likeness (QED) is 0.375. The summed E-state index contributed by atoms with van der Waals surface area (Å²) in [5.74, 6) is -0.0106. The van der Waals surface area contributed by atoms with Crippen LogP contribution in [0.15, 0.2) is 0 Å². The first-order valence-electron chi connectivity index (χ1n) is 8.35. The summed E-state index contributed by atoms with van der Waals surface area (Å²) in [7, 11) is -3.87. The van der Waals surface area contributed by atoms with E-state index in [9.17, 15) is 8.42 Å². The first-order valence-corrected chi connectivity index (χ1v) is 9.86. The summed E-state index contributed by atoms with van der Waals surface area (Å²) in [6, 6.07) is 0. The predicted octanol–water partition coefficient (Wildman–Crippen LogP) is 5.21. The van der Waals surface area contributed by atoms with Crippen molar-refractivity contribution >= 4 is 10.1 Å². The SMILES string of the molecule is CCCCCCCCCCCCC(C(C)C)S(=O)(=O)O. The third-order valence-corrected chi connectivity index (χ3v) is 5.51. The average molecular weight is 307 g/mol. The minimum atomic E-state index is -3.87. The Bertz CT molecular complexity index is 310. The van der Waals surface area contributed by atoms with Crippen LogP contribution in [0.2, 0.25) is 0 Å². The molecule has 1 unspecified atom stereocenters. The molecule has 0 bridgehead atoms. The van der Waals surface area contributed by atoms with Crippen LogP contribution in [0.5, 0.6) is 0 Å². The summed E-state index contributed by atoms with van der Waals surface area (Å²) in [5.41, 5.74) is 0. The summed E-state index contributed by atoms with van der Waals surface area (Å²) in [6.07, 6.45) is 13.0. The van der Waals surface area contributed by atoms with Gasteiger partial charge in [0.25, 0.3) is 10.1 Å². The lowest BCUT2D eigenvalue weighted by molar-refractivity contribution is 0.423. The van der Waals surface area contributed by atoms with Crippen LogP contribution in [0.25, 0.3) is 0 Å². The third-order valence-electron chi connectivity index (χ3n) is 3.97. The van der Waals surface area contributed by atoms with Crippen LogP contribution in [0, 0.1) is 5.92 Å². The molecule has 20 heavy (non-hydrogen) atoms. The van der Waals surface area contributed by atoms with Gasteiger partial charge in [-0.15, -0.1) is 0 Å². The van der Waals surface area contributed by atoms with Gasteiger partial charge in [-0.2, -0.15) is 8.42 Å². The van der Waals surface area contributed by atoms with Gasteiger partial charge in [-0.3, -0.25) is 4.55 Å². The molecule has 1 N–H and O–H groups in total. The summed E-state index contributed by atoms with van der Waals surface area (Å²) in [5, 5.41) is -0.587. The average Bonchev–Trinajstić information content (AvgIpc) is 2.34. The maximum atomic E-state index is 11.2. The van der Waals surface area contributed by atoms with Crippen LogP contribution >= 0.6 is 0 Å². The van der Waals surface area contributed by atoms with Crippen molar-refractivity contribution in [1.29, 1.82) is 0 Å². The van der Waals surface area contributed by atoms with Crippen molar-refractivity contribution in [2.75, 3.05) is 0 Å². The van der Waals surface area contributed by atoms with Gasteiger partial charge in [0.1, 0.15) is 0 Å². The second-order valence-electron chi connectivity index (χ2n) is 6.27. The van der Waals surface area contributed by atoms with E-state index in [0.29, 0.717) is 6.42 Å². The van der Waals surface area contributed by atoms with Crippen molar-refractivity contribution in [2.24, 2.45) is 5.92 Å². The zero-order valence-electron chi connectivity index (χ0n) is 13.6. The van der Waals surface area contributed by atoms with Crippen LogP contribution in [0.1, 0.15) is 91.4 Å². The van der Waals surface area contributed by atoms with Crippen LogP contribution < -0.4 is 0 Å². The van der Waals surface area contributed by atoms with Crippen LogP contribution in [0.3, 0.4) is 0 Å². The summed E-state index contributed by atoms with van der Waals surface area (Å²) in [6.45, 7) is 5.94. The van der Waals surface area contributed by atoms with Gasteiger partial charge >= 0.3 is 0 Å². The van der Waals surface area contributed by atoms with E-state index in [1.807, 2.05) is 13.8 Å². The molecule has 0 radical (unpaired) electrons. The van der Waals surface area contributed by atoms with Gasteiger partial charge in [-0.05, 0) is 12.3 Å². The Morgan fingerprint density at radius 3 is 1.55 bits per heavy atom. The molecule has 1 atom stereocenters. The van der Waals surface area contributed by atoms with Crippen LogP contribution in [-0.2, 0) is 10.1 Å². The minimum Gasteiger partial charge on any atom is -0.285 e. The predicted molar refractivity (Wildman–Crippen MR) is 86.6 cm³/mol. The van der Waals surface area contributed by atoms with E-state index >= 15 is 0 Å². The fourth-order valence-electron chi connectivity index (χ4n) is 2.66. The zero-order chi connectivity index (χ0) is 15.4. The van der Waals surface area contributed by atoms with Gasteiger partial charge in [0, 0.05) is 0 Å². The zero-order valence-corrected chi connectivity index (χ0v) is 14.4. The Kier molecular flexibility index (Phi) is 11.5. The fraction of sp³-hybridized carbons (Fsp3) is 1.00. The first-order chi connectivity index (χ1) is 9.39. The first kappa shape index (κ1) is 19.9. The molecular formula is C16H34O3S. The van der Waals surface area contributed by atoms with Gasteiger partial charge in [-0.25, -0.2) is 0 Å². The lowest BCUT2D eigenvalue weighted by Crippen LogP contribution is -2.26. The molecule has 122 valence electrons. The topological polar surface area (TPSA) is 54.4 Å². The van der Waals surface area contributed by atoms with E-state index in [0.717, 1.165) is 12.8 Å². The molecule has 0 aromatic carbocycles. The van der Waals surface area contributed by atoms with Crippen LogP contribution in [-0.4, -0.2) is 18.2 Å². The second-order valence-corrected chi connectivity index (χ2v) is 7.90. The normalized spacial score (nSPS) is 13.8. The van der Waals surface area contributed by atoms with Crippen molar-refractivity contribution in [3.05, 3.63) is 0 Å². The molecule has 0 aromatic heterocycles. The van der Waals surface area contributed by atoms with Gasteiger partial charge in [0.05, 0.1) is 5.25 Å². The van der Waals surface area contributed by atoms with Crippen molar-refractivity contribution in [1.82, 2.24) is 0 Å². The monoisotopic (exact) mass is 306 g/mol. The summed E-state index contributed by atoms with van der Waals surface area (Å²) >= 11 is 0. The minimum absolute atomic E-state index is 0.0106. The van der Waals surface area contributed by atoms with Crippen molar-refractivity contribution < 1.29 is 13.0 Å². The Hall–Kier alpha value is -0.0900. The van der Waals surface area contributed by atoms with E-state index in [1.165, 1.54) is 51.4 Å². The van der Waals surface area contributed by atoms with E-state index in [4.69, 9.17) is 4.55 Å². The highest BCUT2D eigenvalue weighted by Gasteiger charge is 2.25. The summed E-state index contributed by atoms with van der Waals surface area (Å²) in [4.78, 5) is 0. The second kappa shape index (κ2) is 11.6. The molecule has 0 heterocycles. The summed E-state index contributed by atoms with van der Waals surface area (Å²) < 4.78 is 31.6. The molecule has 3 nitrogen and oxygen atoms in total. The van der Waals surface area contributed by atoms with Crippen molar-refractivity contribution in [3.63, 3.8) is 0 Å². The third kappa shape index (κ3) is 10.7. The molecule has 0 amide bonds. The molecule has 0 rings (SSSR count). The molecule has 0 aliphatic rings. The highest BCUT2D eigenvalue weighted by atomic mass is 32.2. The maximum Gasteiger partial charge on any atom is 0.268 e. The van der Waals surface area contributed by atoms with Crippen molar-refractivity contribution in [3.8, 4) is 0 Å². The fourth-order valence-corrected chi connectivity index (χ4v) is 3.81. The Morgan fingerprint density at radius 1 is 0.800 bits per heavy atom. The largest absolute Gasteiger partial charge is 0.285 e. The Labute approximate surface area is 126 Å². The molecule has 0 aromatic rings. The lowest BCUT2D eigenvalue weighted by Gasteiger charge is -2.17. The Balaban J connectivity index is 3.52. The highest BCUT2D eigenvalue weighted by Crippen LogP contribution is 2.19.